The van der Waals surface area contributed by atoms with Gasteiger partial charge < -0.3 is 10.6 Å². The molecule has 0 spiro atoms. The molecule has 17 heavy (non-hydrogen) atoms. The summed E-state index contributed by atoms with van der Waals surface area (Å²) in [6.07, 6.45) is 0.818. The van der Waals surface area contributed by atoms with Crippen molar-refractivity contribution in [3.63, 3.8) is 0 Å². The molecule has 0 saturated heterocycles. The minimum atomic E-state index is -0.442. The number of carbonyl (C=O) groups excluding carboxylic acids is 1. The molecular formula is C12H16ClFN2O. The molecule has 0 heterocycles. The van der Waals surface area contributed by atoms with Crippen LogP contribution in [0.5, 0.6) is 0 Å². The van der Waals surface area contributed by atoms with Crippen molar-refractivity contribution < 1.29 is 9.18 Å². The van der Waals surface area contributed by atoms with Crippen LogP contribution in [0, 0.1) is 5.82 Å². The molecule has 1 aromatic rings. The van der Waals surface area contributed by atoms with Gasteiger partial charge in [0.05, 0.1) is 6.42 Å². The molecule has 0 saturated carbocycles. The SMILES string of the molecule is CNCCCNC(=O)Cc1c(F)cccc1Cl. The number of hydrogen-bond donors (Lipinski definition) is 2. The number of benzene rings is 1. The highest BCUT2D eigenvalue weighted by Crippen LogP contribution is 2.19. The van der Waals surface area contributed by atoms with Gasteiger partial charge in [-0.1, -0.05) is 17.7 Å². The highest BCUT2D eigenvalue weighted by molar-refractivity contribution is 6.31. The number of halogens is 2. The Kier molecular flexibility index (Phi) is 5.94. The quantitative estimate of drug-likeness (QED) is 0.764. The van der Waals surface area contributed by atoms with Crippen LogP contribution < -0.4 is 10.6 Å². The molecule has 94 valence electrons. The van der Waals surface area contributed by atoms with Crippen molar-refractivity contribution in [3.05, 3.63) is 34.6 Å². The van der Waals surface area contributed by atoms with Gasteiger partial charge in [0, 0.05) is 17.1 Å². The first-order valence-corrected chi connectivity index (χ1v) is 5.87. The first-order valence-electron chi connectivity index (χ1n) is 5.49. The van der Waals surface area contributed by atoms with Gasteiger partial charge in [-0.25, -0.2) is 4.39 Å². The van der Waals surface area contributed by atoms with Gasteiger partial charge in [-0.2, -0.15) is 0 Å². The van der Waals surface area contributed by atoms with Crippen LogP contribution in [0.2, 0.25) is 5.02 Å². The third kappa shape index (κ3) is 4.71. The lowest BCUT2D eigenvalue weighted by atomic mass is 10.1. The predicted molar refractivity (Wildman–Crippen MR) is 66.7 cm³/mol. The lowest BCUT2D eigenvalue weighted by Crippen LogP contribution is -2.28. The second-order valence-corrected chi connectivity index (χ2v) is 4.09. The maximum atomic E-state index is 13.4. The van der Waals surface area contributed by atoms with E-state index < -0.39 is 5.82 Å². The predicted octanol–water partition coefficient (Wildman–Crippen LogP) is 1.75. The van der Waals surface area contributed by atoms with E-state index in [4.69, 9.17) is 11.6 Å². The summed E-state index contributed by atoms with van der Waals surface area (Å²) in [7, 11) is 1.85. The summed E-state index contributed by atoms with van der Waals surface area (Å²) in [5.41, 5.74) is 0.250. The Morgan fingerprint density at radius 3 is 2.82 bits per heavy atom. The molecule has 3 nitrogen and oxygen atoms in total. The summed E-state index contributed by atoms with van der Waals surface area (Å²) in [5.74, 6) is -0.657. The van der Waals surface area contributed by atoms with Crippen LogP contribution in [0.1, 0.15) is 12.0 Å². The Labute approximate surface area is 105 Å². The summed E-state index contributed by atoms with van der Waals surface area (Å²) in [6.45, 7) is 1.41. The molecule has 1 amide bonds. The zero-order chi connectivity index (χ0) is 12.7. The van der Waals surface area contributed by atoms with Crippen molar-refractivity contribution in [2.45, 2.75) is 12.8 Å². The number of nitrogens with one attached hydrogen (secondary N) is 2. The normalized spacial score (nSPS) is 10.3. The van der Waals surface area contributed by atoms with Gasteiger partial charge in [0.25, 0.3) is 0 Å². The molecule has 0 unspecified atom stereocenters. The largest absolute Gasteiger partial charge is 0.356 e. The maximum Gasteiger partial charge on any atom is 0.224 e. The molecule has 0 bridgehead atoms. The third-order valence-corrected chi connectivity index (χ3v) is 2.68. The van der Waals surface area contributed by atoms with E-state index in [2.05, 4.69) is 10.6 Å². The Morgan fingerprint density at radius 1 is 1.41 bits per heavy atom. The van der Waals surface area contributed by atoms with Crippen molar-refractivity contribution in [3.8, 4) is 0 Å². The van der Waals surface area contributed by atoms with E-state index in [0.29, 0.717) is 6.54 Å². The summed E-state index contributed by atoms with van der Waals surface area (Å²) in [5, 5.41) is 5.98. The fourth-order valence-electron chi connectivity index (χ4n) is 1.42. The highest BCUT2D eigenvalue weighted by Gasteiger charge is 2.11. The van der Waals surface area contributed by atoms with Gasteiger partial charge in [-0.3, -0.25) is 4.79 Å². The van der Waals surface area contributed by atoms with Gasteiger partial charge in [-0.15, -0.1) is 0 Å². The highest BCUT2D eigenvalue weighted by atomic mass is 35.5. The van der Waals surface area contributed by atoms with Crippen molar-refractivity contribution in [1.29, 1.82) is 0 Å². The van der Waals surface area contributed by atoms with Crippen LogP contribution in [-0.2, 0) is 11.2 Å². The van der Waals surface area contributed by atoms with E-state index in [1.165, 1.54) is 12.1 Å². The Hall–Kier alpha value is -1.13. The van der Waals surface area contributed by atoms with Crippen LogP contribution in [0.4, 0.5) is 4.39 Å². The molecular weight excluding hydrogens is 243 g/mol. The fraction of sp³-hybridized carbons (Fsp3) is 0.417. The van der Waals surface area contributed by atoms with Crippen LogP contribution >= 0.6 is 11.6 Å². The molecule has 2 N–H and O–H groups in total. The van der Waals surface area contributed by atoms with Gasteiger partial charge >= 0.3 is 0 Å². The summed E-state index contributed by atoms with van der Waals surface area (Å²) < 4.78 is 13.4. The van der Waals surface area contributed by atoms with E-state index in [9.17, 15) is 9.18 Å². The smallest absolute Gasteiger partial charge is 0.224 e. The minimum absolute atomic E-state index is 0.0228. The van der Waals surface area contributed by atoms with Gasteiger partial charge in [0.2, 0.25) is 5.91 Å². The molecule has 1 aromatic carbocycles. The van der Waals surface area contributed by atoms with E-state index in [1.807, 2.05) is 7.05 Å². The Balaban J connectivity index is 2.45. The number of amides is 1. The van der Waals surface area contributed by atoms with E-state index in [-0.39, 0.29) is 22.9 Å². The average molecular weight is 259 g/mol. The van der Waals surface area contributed by atoms with Crippen LogP contribution in [-0.4, -0.2) is 26.0 Å². The molecule has 1 rings (SSSR count). The van der Waals surface area contributed by atoms with Crippen LogP contribution in [0.15, 0.2) is 18.2 Å². The number of hydrogen-bond acceptors (Lipinski definition) is 2. The monoisotopic (exact) mass is 258 g/mol. The zero-order valence-electron chi connectivity index (χ0n) is 9.72. The van der Waals surface area contributed by atoms with Crippen molar-refractivity contribution in [1.82, 2.24) is 10.6 Å². The van der Waals surface area contributed by atoms with Gasteiger partial charge in [0.1, 0.15) is 5.82 Å². The standard InChI is InChI=1S/C12H16ClFN2O/c1-15-6-3-7-16-12(17)8-9-10(13)4-2-5-11(9)14/h2,4-5,15H,3,6-8H2,1H3,(H,16,17). The maximum absolute atomic E-state index is 13.4. The van der Waals surface area contributed by atoms with Crippen molar-refractivity contribution >= 4 is 17.5 Å². The number of rotatable bonds is 6. The number of carbonyl (C=O) groups is 1. The molecule has 0 aromatic heterocycles. The summed E-state index contributed by atoms with van der Waals surface area (Å²) >= 11 is 5.83. The molecule has 0 fully saturated rings. The average Bonchev–Trinajstić information content (AvgIpc) is 2.30. The summed E-state index contributed by atoms with van der Waals surface area (Å²) in [6, 6.07) is 4.40. The Bertz CT molecular complexity index is 365. The first kappa shape index (κ1) is 13.9. The second kappa shape index (κ2) is 7.25. The first-order chi connectivity index (χ1) is 8.15. The molecule has 0 aliphatic carbocycles. The topological polar surface area (TPSA) is 41.1 Å². The lowest BCUT2D eigenvalue weighted by Gasteiger charge is -2.07. The third-order valence-electron chi connectivity index (χ3n) is 2.32. The molecule has 5 heteroatoms. The minimum Gasteiger partial charge on any atom is -0.356 e. The molecule has 0 atom stereocenters. The van der Waals surface area contributed by atoms with Crippen LogP contribution in [0.25, 0.3) is 0 Å². The molecule has 0 radical (unpaired) electrons. The van der Waals surface area contributed by atoms with Crippen molar-refractivity contribution in [2.24, 2.45) is 0 Å². The fourth-order valence-corrected chi connectivity index (χ4v) is 1.65. The second-order valence-electron chi connectivity index (χ2n) is 3.68. The lowest BCUT2D eigenvalue weighted by molar-refractivity contribution is -0.120. The van der Waals surface area contributed by atoms with Crippen LogP contribution in [0.3, 0.4) is 0 Å². The summed E-state index contributed by atoms with van der Waals surface area (Å²) in [4.78, 5) is 11.5. The zero-order valence-corrected chi connectivity index (χ0v) is 10.5. The Morgan fingerprint density at radius 2 is 2.18 bits per heavy atom. The van der Waals surface area contributed by atoms with Gasteiger partial charge in [-0.05, 0) is 32.1 Å². The van der Waals surface area contributed by atoms with Gasteiger partial charge in [0.15, 0.2) is 0 Å². The van der Waals surface area contributed by atoms with E-state index >= 15 is 0 Å². The van der Waals surface area contributed by atoms with E-state index in [1.54, 1.807) is 6.07 Å². The molecule has 0 aliphatic rings. The molecule has 0 aliphatic heterocycles. The van der Waals surface area contributed by atoms with Crippen molar-refractivity contribution in [2.75, 3.05) is 20.1 Å². The van der Waals surface area contributed by atoms with E-state index in [0.717, 1.165) is 13.0 Å².